The predicted octanol–water partition coefficient (Wildman–Crippen LogP) is 0.255. The van der Waals surface area contributed by atoms with Crippen LogP contribution in [0.15, 0.2) is 0 Å². The van der Waals surface area contributed by atoms with Gasteiger partial charge < -0.3 is 9.84 Å². The van der Waals surface area contributed by atoms with Crippen molar-refractivity contribution in [3.63, 3.8) is 0 Å². The molecule has 2 atom stereocenters. The minimum atomic E-state index is -0.839. The van der Waals surface area contributed by atoms with Gasteiger partial charge in [-0.3, -0.25) is 9.80 Å². The second-order valence-electron chi connectivity index (χ2n) is 5.22. The van der Waals surface area contributed by atoms with Crippen LogP contribution in [0.4, 0.5) is 0 Å². The topological polar surface area (TPSA) is 53.0 Å². The molecule has 0 aromatic heterocycles. The molecule has 0 bridgehead atoms. The minimum Gasteiger partial charge on any atom is -0.479 e. The second-order valence-corrected chi connectivity index (χ2v) is 5.22. The van der Waals surface area contributed by atoms with Crippen LogP contribution >= 0.6 is 0 Å². The molecule has 5 heteroatoms. The first-order valence-corrected chi connectivity index (χ1v) is 6.40. The van der Waals surface area contributed by atoms with Gasteiger partial charge in [0.25, 0.3) is 0 Å². The van der Waals surface area contributed by atoms with Gasteiger partial charge in [0.15, 0.2) is 6.10 Å². The Balaban J connectivity index is 1.88. The van der Waals surface area contributed by atoms with E-state index in [9.17, 15) is 4.79 Å². The van der Waals surface area contributed by atoms with Crippen LogP contribution in [0, 0.1) is 0 Å². The average Bonchev–Trinajstić information content (AvgIpc) is 2.78. The van der Waals surface area contributed by atoms with Gasteiger partial charge in [-0.2, -0.15) is 0 Å². The Kier molecular flexibility index (Phi) is 4.01. The van der Waals surface area contributed by atoms with E-state index in [0.29, 0.717) is 25.2 Å². The van der Waals surface area contributed by atoms with Gasteiger partial charge in [-0.25, -0.2) is 4.79 Å². The van der Waals surface area contributed by atoms with E-state index in [1.807, 2.05) is 0 Å². The first kappa shape index (κ1) is 12.8. The van der Waals surface area contributed by atoms with E-state index in [1.54, 1.807) is 0 Å². The zero-order chi connectivity index (χ0) is 12.4. The van der Waals surface area contributed by atoms with Crippen molar-refractivity contribution in [1.29, 1.82) is 0 Å². The molecule has 2 aliphatic rings. The largest absolute Gasteiger partial charge is 0.479 e. The van der Waals surface area contributed by atoms with Gasteiger partial charge in [0, 0.05) is 38.3 Å². The van der Waals surface area contributed by atoms with Crippen LogP contribution in [0.3, 0.4) is 0 Å². The number of ether oxygens (including phenoxy) is 1. The highest BCUT2D eigenvalue weighted by Crippen LogP contribution is 2.20. The first-order chi connectivity index (χ1) is 8.08. The minimum absolute atomic E-state index is 0.503. The molecule has 0 spiro atoms. The number of aliphatic carboxylic acids is 1. The highest BCUT2D eigenvalue weighted by molar-refractivity contribution is 5.72. The van der Waals surface area contributed by atoms with Crippen molar-refractivity contribution in [2.75, 3.05) is 32.8 Å². The van der Waals surface area contributed by atoms with Gasteiger partial charge in [-0.1, -0.05) is 0 Å². The van der Waals surface area contributed by atoms with Crippen LogP contribution < -0.4 is 0 Å². The Morgan fingerprint density at radius 1 is 1.35 bits per heavy atom. The molecule has 0 radical (unpaired) electrons. The molecule has 2 fully saturated rings. The van der Waals surface area contributed by atoms with E-state index in [0.717, 1.165) is 26.1 Å². The second kappa shape index (κ2) is 5.33. The maximum absolute atomic E-state index is 10.9. The van der Waals surface area contributed by atoms with Crippen molar-refractivity contribution >= 4 is 5.97 Å². The lowest BCUT2D eigenvalue weighted by atomic mass is 10.1. The van der Waals surface area contributed by atoms with Crippen molar-refractivity contribution in [2.24, 2.45) is 0 Å². The summed E-state index contributed by atoms with van der Waals surface area (Å²) in [7, 11) is 0. The third kappa shape index (κ3) is 2.97. The Labute approximate surface area is 102 Å². The maximum Gasteiger partial charge on any atom is 0.334 e. The summed E-state index contributed by atoms with van der Waals surface area (Å²) >= 11 is 0. The molecule has 2 saturated heterocycles. The summed E-state index contributed by atoms with van der Waals surface area (Å²) in [6.07, 6.45) is 0.502. The molecule has 1 N–H and O–H groups in total. The van der Waals surface area contributed by atoms with E-state index < -0.39 is 12.1 Å². The smallest absolute Gasteiger partial charge is 0.334 e. The van der Waals surface area contributed by atoms with Crippen molar-refractivity contribution in [3.8, 4) is 0 Å². The highest BCUT2D eigenvalue weighted by Gasteiger charge is 2.34. The van der Waals surface area contributed by atoms with Crippen LogP contribution in [0.1, 0.15) is 20.3 Å². The molecule has 2 aliphatic heterocycles. The van der Waals surface area contributed by atoms with Crippen molar-refractivity contribution in [1.82, 2.24) is 9.80 Å². The van der Waals surface area contributed by atoms with Gasteiger partial charge in [0.1, 0.15) is 0 Å². The lowest BCUT2D eigenvalue weighted by Crippen LogP contribution is -2.51. The van der Waals surface area contributed by atoms with Gasteiger partial charge in [-0.05, 0) is 20.3 Å². The Morgan fingerprint density at radius 3 is 2.71 bits per heavy atom. The molecule has 0 saturated carbocycles. The Morgan fingerprint density at radius 2 is 2.12 bits per heavy atom. The number of carbonyl (C=O) groups is 1. The average molecular weight is 242 g/mol. The fraction of sp³-hybridized carbons (Fsp3) is 0.917. The SMILES string of the molecule is CC(C)N1CCC(N2CCOC(C(=O)O)C2)C1. The monoisotopic (exact) mass is 242 g/mol. The van der Waals surface area contributed by atoms with Crippen LogP contribution in [-0.4, -0.2) is 71.8 Å². The van der Waals surface area contributed by atoms with Crippen molar-refractivity contribution in [3.05, 3.63) is 0 Å². The molecule has 2 heterocycles. The molecule has 2 rings (SSSR count). The fourth-order valence-electron chi connectivity index (χ4n) is 2.69. The molecular formula is C12H22N2O3. The number of carboxylic acid groups (broad SMARTS) is 1. The zero-order valence-electron chi connectivity index (χ0n) is 10.6. The summed E-state index contributed by atoms with van der Waals surface area (Å²) in [4.78, 5) is 15.7. The summed E-state index contributed by atoms with van der Waals surface area (Å²) in [6, 6.07) is 1.08. The van der Waals surface area contributed by atoms with E-state index in [2.05, 4.69) is 23.6 Å². The number of nitrogens with zero attached hydrogens (tertiary/aromatic N) is 2. The summed E-state index contributed by atoms with van der Waals surface area (Å²) in [6.45, 7) is 8.53. The van der Waals surface area contributed by atoms with E-state index >= 15 is 0 Å². The summed E-state index contributed by atoms with van der Waals surface area (Å²) < 4.78 is 5.25. The van der Waals surface area contributed by atoms with Crippen molar-refractivity contribution in [2.45, 2.75) is 38.5 Å². The van der Waals surface area contributed by atoms with Crippen LogP contribution in [0.25, 0.3) is 0 Å². The predicted molar refractivity (Wildman–Crippen MR) is 64.1 cm³/mol. The summed E-state index contributed by atoms with van der Waals surface area (Å²) in [5.41, 5.74) is 0. The van der Waals surface area contributed by atoms with Crippen LogP contribution in [0.2, 0.25) is 0 Å². The Bertz CT molecular complexity index is 283. The Hall–Kier alpha value is -0.650. The molecular weight excluding hydrogens is 220 g/mol. The number of carboxylic acids is 1. The lowest BCUT2D eigenvalue weighted by Gasteiger charge is -2.35. The van der Waals surface area contributed by atoms with E-state index in [4.69, 9.17) is 9.84 Å². The molecule has 0 aliphatic carbocycles. The number of morpholine rings is 1. The molecule has 0 aromatic carbocycles. The molecule has 0 amide bonds. The van der Waals surface area contributed by atoms with E-state index in [1.165, 1.54) is 0 Å². The fourth-order valence-corrected chi connectivity index (χ4v) is 2.69. The number of hydrogen-bond acceptors (Lipinski definition) is 4. The lowest BCUT2D eigenvalue weighted by molar-refractivity contribution is -0.157. The third-order valence-corrected chi connectivity index (χ3v) is 3.81. The van der Waals surface area contributed by atoms with Gasteiger partial charge in [0.2, 0.25) is 0 Å². The summed E-state index contributed by atoms with van der Waals surface area (Å²) in [5, 5.41) is 8.98. The number of rotatable bonds is 3. The third-order valence-electron chi connectivity index (χ3n) is 3.81. The zero-order valence-corrected chi connectivity index (χ0v) is 10.6. The van der Waals surface area contributed by atoms with E-state index in [-0.39, 0.29) is 0 Å². The normalized spacial score (nSPS) is 32.2. The molecule has 98 valence electrons. The van der Waals surface area contributed by atoms with Gasteiger partial charge >= 0.3 is 5.97 Å². The standard InChI is InChI=1S/C12H22N2O3/c1-9(2)13-4-3-10(7-13)14-5-6-17-11(8-14)12(15)16/h9-11H,3-8H2,1-2H3,(H,15,16). The maximum atomic E-state index is 10.9. The highest BCUT2D eigenvalue weighted by atomic mass is 16.5. The van der Waals surface area contributed by atoms with Crippen LogP contribution in [-0.2, 0) is 9.53 Å². The molecule has 2 unspecified atom stereocenters. The molecule has 0 aromatic rings. The first-order valence-electron chi connectivity index (χ1n) is 6.40. The quantitative estimate of drug-likeness (QED) is 0.769. The molecule has 17 heavy (non-hydrogen) atoms. The van der Waals surface area contributed by atoms with Gasteiger partial charge in [0.05, 0.1) is 6.61 Å². The van der Waals surface area contributed by atoms with Crippen LogP contribution in [0.5, 0.6) is 0 Å². The van der Waals surface area contributed by atoms with Gasteiger partial charge in [-0.15, -0.1) is 0 Å². The molecule has 5 nitrogen and oxygen atoms in total. The number of likely N-dealkylation sites (tertiary alicyclic amines) is 1. The summed E-state index contributed by atoms with van der Waals surface area (Å²) in [5.74, 6) is -0.839. The number of hydrogen-bond donors (Lipinski definition) is 1. The van der Waals surface area contributed by atoms with Crippen molar-refractivity contribution < 1.29 is 14.6 Å².